The molecule has 0 unspecified atom stereocenters. The topological polar surface area (TPSA) is 97.5 Å². The van der Waals surface area contributed by atoms with Gasteiger partial charge in [0.2, 0.25) is 5.28 Å². The molecule has 0 fully saturated rings. The van der Waals surface area contributed by atoms with Crippen molar-refractivity contribution in [3.63, 3.8) is 0 Å². The molecule has 0 aliphatic carbocycles. The largest absolute Gasteiger partial charge is 0.395 e. The predicted molar refractivity (Wildman–Crippen MR) is 60.4 cm³/mol. The van der Waals surface area contributed by atoms with E-state index in [1.54, 1.807) is 0 Å². The van der Waals surface area contributed by atoms with Crippen molar-refractivity contribution in [2.45, 2.75) is 10.2 Å². The summed E-state index contributed by atoms with van der Waals surface area (Å²) in [5, 5.41) is 0.943. The van der Waals surface area contributed by atoms with Crippen molar-refractivity contribution < 1.29 is 0 Å². The molecule has 0 amide bonds. The van der Waals surface area contributed by atoms with Gasteiger partial charge in [0.15, 0.2) is 5.16 Å². The van der Waals surface area contributed by atoms with Crippen LogP contribution < -0.4 is 11.3 Å². The van der Waals surface area contributed by atoms with Crippen LogP contribution in [0.4, 0.5) is 5.69 Å². The first kappa shape index (κ1) is 10.9. The highest BCUT2D eigenvalue weighted by molar-refractivity contribution is 7.99. The van der Waals surface area contributed by atoms with E-state index in [9.17, 15) is 4.79 Å². The van der Waals surface area contributed by atoms with Gasteiger partial charge in [-0.3, -0.25) is 4.79 Å². The zero-order chi connectivity index (χ0) is 11.5. The SMILES string of the molecule is Nc1cnc(Cl)nc1Sc1nccc(=O)[nH]1. The van der Waals surface area contributed by atoms with Crippen molar-refractivity contribution in [1.29, 1.82) is 0 Å². The monoisotopic (exact) mass is 255 g/mol. The van der Waals surface area contributed by atoms with Gasteiger partial charge in [-0.05, 0) is 23.4 Å². The highest BCUT2D eigenvalue weighted by Gasteiger charge is 2.07. The fourth-order valence-corrected chi connectivity index (χ4v) is 1.87. The summed E-state index contributed by atoms with van der Waals surface area (Å²) in [6, 6.07) is 1.32. The molecule has 2 aromatic rings. The molecule has 0 aliphatic heterocycles. The van der Waals surface area contributed by atoms with Crippen LogP contribution in [0.15, 0.2) is 33.4 Å². The molecule has 82 valence electrons. The summed E-state index contributed by atoms with van der Waals surface area (Å²) in [5.74, 6) is 0. The van der Waals surface area contributed by atoms with Crippen molar-refractivity contribution in [2.75, 3.05) is 5.73 Å². The van der Waals surface area contributed by atoms with Gasteiger partial charge in [0, 0.05) is 12.3 Å². The molecule has 6 nitrogen and oxygen atoms in total. The molecule has 0 aliphatic rings. The second-order valence-electron chi connectivity index (χ2n) is 2.74. The van der Waals surface area contributed by atoms with Crippen LogP contribution in [0.3, 0.4) is 0 Å². The van der Waals surface area contributed by atoms with Gasteiger partial charge in [-0.25, -0.2) is 15.0 Å². The first-order chi connectivity index (χ1) is 7.65. The Morgan fingerprint density at radius 2 is 2.25 bits per heavy atom. The Morgan fingerprint density at radius 1 is 1.44 bits per heavy atom. The third-order valence-corrected chi connectivity index (χ3v) is 2.70. The summed E-state index contributed by atoms with van der Waals surface area (Å²) >= 11 is 6.75. The van der Waals surface area contributed by atoms with Gasteiger partial charge in [0.1, 0.15) is 5.03 Å². The minimum Gasteiger partial charge on any atom is -0.395 e. The lowest BCUT2D eigenvalue weighted by Gasteiger charge is -2.02. The molecule has 3 N–H and O–H groups in total. The van der Waals surface area contributed by atoms with Crippen LogP contribution in [0.2, 0.25) is 5.28 Å². The van der Waals surface area contributed by atoms with Crippen molar-refractivity contribution in [3.8, 4) is 0 Å². The van der Waals surface area contributed by atoms with Gasteiger partial charge in [-0.15, -0.1) is 0 Å². The van der Waals surface area contributed by atoms with E-state index in [1.807, 2.05) is 0 Å². The van der Waals surface area contributed by atoms with Crippen molar-refractivity contribution >= 4 is 29.1 Å². The first-order valence-corrected chi connectivity index (χ1v) is 5.36. The number of rotatable bonds is 2. The summed E-state index contributed by atoms with van der Waals surface area (Å²) in [6.07, 6.45) is 2.80. The Balaban J connectivity index is 2.33. The quantitative estimate of drug-likeness (QED) is 0.612. The molecule has 0 saturated carbocycles. The van der Waals surface area contributed by atoms with Crippen LogP contribution in [0, 0.1) is 0 Å². The number of aromatic amines is 1. The van der Waals surface area contributed by atoms with Gasteiger partial charge >= 0.3 is 0 Å². The Kier molecular flexibility index (Phi) is 3.07. The third kappa shape index (κ3) is 2.50. The summed E-state index contributed by atoms with van der Waals surface area (Å²) in [6.45, 7) is 0. The van der Waals surface area contributed by atoms with Gasteiger partial charge in [0.25, 0.3) is 5.56 Å². The smallest absolute Gasteiger partial charge is 0.251 e. The molecule has 16 heavy (non-hydrogen) atoms. The standard InChI is InChI=1S/C8H6ClN5OS/c9-7-12-3-4(10)6(14-7)16-8-11-2-1-5(15)13-8/h1-3H,10H2,(H,11,13,15). The Bertz CT molecular complexity index is 572. The van der Waals surface area contributed by atoms with Crippen molar-refractivity contribution in [2.24, 2.45) is 0 Å². The lowest BCUT2D eigenvalue weighted by atomic mass is 10.6. The molecule has 2 heterocycles. The predicted octanol–water partition coefficient (Wildman–Crippen LogP) is 0.947. The van der Waals surface area contributed by atoms with Crippen molar-refractivity contribution in [1.82, 2.24) is 19.9 Å². The molecule has 2 rings (SSSR count). The number of halogens is 1. The summed E-state index contributed by atoms with van der Waals surface area (Å²) in [7, 11) is 0. The Labute approximate surface area is 99.3 Å². The van der Waals surface area contributed by atoms with E-state index in [4.69, 9.17) is 17.3 Å². The Hall–Kier alpha value is -1.60. The average molecular weight is 256 g/mol. The van der Waals surface area contributed by atoms with E-state index in [-0.39, 0.29) is 10.8 Å². The molecule has 0 atom stereocenters. The highest BCUT2D eigenvalue weighted by atomic mass is 35.5. The number of aromatic nitrogens is 4. The van der Waals surface area contributed by atoms with Crippen LogP contribution in [0.25, 0.3) is 0 Å². The maximum Gasteiger partial charge on any atom is 0.251 e. The minimum atomic E-state index is -0.240. The van der Waals surface area contributed by atoms with E-state index >= 15 is 0 Å². The van der Waals surface area contributed by atoms with E-state index in [0.717, 1.165) is 11.8 Å². The zero-order valence-electron chi connectivity index (χ0n) is 7.85. The average Bonchev–Trinajstić information content (AvgIpc) is 2.24. The highest BCUT2D eigenvalue weighted by Crippen LogP contribution is 2.27. The van der Waals surface area contributed by atoms with Crippen LogP contribution in [0.5, 0.6) is 0 Å². The second kappa shape index (κ2) is 4.50. The number of H-pyrrole nitrogens is 1. The zero-order valence-corrected chi connectivity index (χ0v) is 9.42. The maximum atomic E-state index is 11.0. The number of hydrogen-bond donors (Lipinski definition) is 2. The van der Waals surface area contributed by atoms with E-state index in [0.29, 0.717) is 15.9 Å². The van der Waals surface area contributed by atoms with Crippen LogP contribution in [-0.2, 0) is 0 Å². The number of nitrogens with one attached hydrogen (secondary N) is 1. The van der Waals surface area contributed by atoms with E-state index in [1.165, 1.54) is 18.5 Å². The summed E-state index contributed by atoms with van der Waals surface area (Å²) in [5.41, 5.74) is 5.79. The van der Waals surface area contributed by atoms with Crippen molar-refractivity contribution in [3.05, 3.63) is 34.1 Å². The van der Waals surface area contributed by atoms with E-state index < -0.39 is 0 Å². The number of nitrogens with two attached hydrogens (primary N) is 1. The molecule has 8 heteroatoms. The van der Waals surface area contributed by atoms with Gasteiger partial charge < -0.3 is 10.7 Å². The number of nitrogens with zero attached hydrogens (tertiary/aromatic N) is 3. The fraction of sp³-hybridized carbons (Fsp3) is 0. The molecular formula is C8H6ClN5OS. The lowest BCUT2D eigenvalue weighted by Crippen LogP contribution is -2.05. The molecule has 0 saturated heterocycles. The van der Waals surface area contributed by atoms with Crippen LogP contribution >= 0.6 is 23.4 Å². The molecule has 0 aromatic carbocycles. The fourth-order valence-electron chi connectivity index (χ4n) is 0.932. The summed E-state index contributed by atoms with van der Waals surface area (Å²) < 4.78 is 0. The minimum absolute atomic E-state index is 0.0926. The lowest BCUT2D eigenvalue weighted by molar-refractivity contribution is 0.930. The van der Waals surface area contributed by atoms with Crippen LogP contribution in [0.1, 0.15) is 0 Å². The molecule has 2 aromatic heterocycles. The number of nitrogen functional groups attached to an aromatic ring is 1. The van der Waals surface area contributed by atoms with Gasteiger partial charge in [0.05, 0.1) is 11.9 Å². The van der Waals surface area contributed by atoms with Crippen LogP contribution in [-0.4, -0.2) is 19.9 Å². The normalized spacial score (nSPS) is 10.3. The van der Waals surface area contributed by atoms with Gasteiger partial charge in [-0.1, -0.05) is 0 Å². The summed E-state index contributed by atoms with van der Waals surface area (Å²) in [4.78, 5) is 25.2. The van der Waals surface area contributed by atoms with Gasteiger partial charge in [-0.2, -0.15) is 0 Å². The molecule has 0 radical (unpaired) electrons. The molecule has 0 bridgehead atoms. The second-order valence-corrected chi connectivity index (χ2v) is 4.06. The molecular weight excluding hydrogens is 250 g/mol. The number of hydrogen-bond acceptors (Lipinski definition) is 6. The number of anilines is 1. The maximum absolute atomic E-state index is 11.0. The molecule has 0 spiro atoms. The Morgan fingerprint density at radius 3 is 3.00 bits per heavy atom. The third-order valence-electron chi connectivity index (χ3n) is 1.59. The van der Waals surface area contributed by atoms with E-state index in [2.05, 4.69) is 19.9 Å². The first-order valence-electron chi connectivity index (χ1n) is 4.16.